The minimum absolute atomic E-state index is 0. The van der Waals surface area contributed by atoms with Gasteiger partial charge >= 0.3 is 0 Å². The van der Waals surface area contributed by atoms with Crippen molar-refractivity contribution in [1.29, 1.82) is 0 Å². The Balaban J connectivity index is -0.000000249. The summed E-state index contributed by atoms with van der Waals surface area (Å²) in [6.07, 6.45) is 3.77. The van der Waals surface area contributed by atoms with Gasteiger partial charge in [-0.05, 0) is 25.8 Å². The van der Waals surface area contributed by atoms with E-state index in [2.05, 4.69) is 26.1 Å². The predicted molar refractivity (Wildman–Crippen MR) is 60.7 cm³/mol. The highest BCUT2D eigenvalue weighted by Crippen LogP contribution is 1.94. The molecule has 0 heterocycles. The Kier molecular flexibility index (Phi) is 25.6. The van der Waals surface area contributed by atoms with Crippen LogP contribution in [0.3, 0.4) is 0 Å². The van der Waals surface area contributed by atoms with Crippen molar-refractivity contribution in [3.05, 3.63) is 0 Å². The molecule has 12 heavy (non-hydrogen) atoms. The molecule has 0 radical (unpaired) electrons. The molecule has 0 unspecified atom stereocenters. The van der Waals surface area contributed by atoms with Gasteiger partial charge in [-0.1, -0.05) is 42.0 Å². The van der Waals surface area contributed by atoms with Crippen molar-refractivity contribution in [2.75, 3.05) is 6.54 Å². The normalized spacial score (nSPS) is 8.50. The molecular weight excluding hydrogens is 146 g/mol. The van der Waals surface area contributed by atoms with Crippen LogP contribution in [-0.4, -0.2) is 12.6 Å². The van der Waals surface area contributed by atoms with Gasteiger partial charge < -0.3 is 5.32 Å². The van der Waals surface area contributed by atoms with Crippen LogP contribution in [0.2, 0.25) is 0 Å². The van der Waals surface area contributed by atoms with E-state index in [0.717, 1.165) is 6.04 Å². The number of hydrogen-bond donors (Lipinski definition) is 1. The fourth-order valence-corrected chi connectivity index (χ4v) is 0.926. The summed E-state index contributed by atoms with van der Waals surface area (Å²) in [4.78, 5) is 0. The van der Waals surface area contributed by atoms with E-state index >= 15 is 0 Å². The van der Waals surface area contributed by atoms with Gasteiger partial charge in [0.2, 0.25) is 0 Å². The van der Waals surface area contributed by atoms with Crippen LogP contribution in [0.25, 0.3) is 0 Å². The lowest BCUT2D eigenvalue weighted by Gasteiger charge is -2.12. The molecule has 1 heteroatoms. The maximum absolute atomic E-state index is 3.47. The van der Waals surface area contributed by atoms with E-state index < -0.39 is 0 Å². The highest BCUT2D eigenvalue weighted by atomic mass is 14.9. The highest BCUT2D eigenvalue weighted by Gasteiger charge is 1.98. The molecule has 0 saturated carbocycles. The number of nitrogens with one attached hydrogen (secondary N) is 1. The lowest BCUT2D eigenvalue weighted by molar-refractivity contribution is 0.485. The Labute approximate surface area is 80.0 Å². The molecule has 1 N–H and O–H groups in total. The van der Waals surface area contributed by atoms with Crippen LogP contribution < -0.4 is 5.32 Å². The summed E-state index contributed by atoms with van der Waals surface area (Å²) < 4.78 is 0. The Morgan fingerprint density at radius 2 is 1.42 bits per heavy atom. The first-order chi connectivity index (χ1) is 5.35. The van der Waals surface area contributed by atoms with E-state index in [0.29, 0.717) is 0 Å². The van der Waals surface area contributed by atoms with Gasteiger partial charge in [-0.3, -0.25) is 0 Å². The standard InChI is InChI=1S/C8H19N.C2H6.CH4/c1-4-7-9-8(5-2)6-3;1-2;/h8-9H,4-7H2,1-3H3;1-2H3;1H4. The molecule has 0 amide bonds. The minimum Gasteiger partial charge on any atom is -0.314 e. The van der Waals surface area contributed by atoms with Gasteiger partial charge in [0.05, 0.1) is 0 Å². The summed E-state index contributed by atoms with van der Waals surface area (Å²) in [5, 5.41) is 3.47. The molecule has 0 bridgehead atoms. The van der Waals surface area contributed by atoms with Crippen molar-refractivity contribution in [3.8, 4) is 0 Å². The molecule has 1 nitrogen and oxygen atoms in total. The monoisotopic (exact) mass is 175 g/mol. The Morgan fingerprint density at radius 1 is 1.00 bits per heavy atom. The van der Waals surface area contributed by atoms with Gasteiger partial charge in [0, 0.05) is 6.04 Å². The van der Waals surface area contributed by atoms with Crippen LogP contribution >= 0.6 is 0 Å². The zero-order valence-corrected chi connectivity index (χ0v) is 8.91. The molecule has 0 spiro atoms. The maximum atomic E-state index is 3.47. The van der Waals surface area contributed by atoms with Gasteiger partial charge in [-0.15, -0.1) is 0 Å². The molecule has 0 aromatic carbocycles. The van der Waals surface area contributed by atoms with Crippen molar-refractivity contribution in [2.24, 2.45) is 0 Å². The van der Waals surface area contributed by atoms with E-state index in [1.54, 1.807) is 0 Å². The third-order valence-electron chi connectivity index (χ3n) is 1.67. The molecule has 0 aliphatic rings. The summed E-state index contributed by atoms with van der Waals surface area (Å²) in [7, 11) is 0. The van der Waals surface area contributed by atoms with Crippen molar-refractivity contribution in [3.63, 3.8) is 0 Å². The maximum Gasteiger partial charge on any atom is 0.00618 e. The van der Waals surface area contributed by atoms with Crippen molar-refractivity contribution in [1.82, 2.24) is 5.32 Å². The van der Waals surface area contributed by atoms with E-state index in [1.165, 1.54) is 25.8 Å². The van der Waals surface area contributed by atoms with E-state index in [9.17, 15) is 0 Å². The average Bonchev–Trinajstić information content (AvgIpc) is 2.10. The summed E-state index contributed by atoms with van der Waals surface area (Å²) >= 11 is 0. The SMILES string of the molecule is C.CC.CCCNC(CC)CC. The number of rotatable bonds is 5. The molecule has 78 valence electrons. The van der Waals surface area contributed by atoms with Crippen LogP contribution in [-0.2, 0) is 0 Å². The van der Waals surface area contributed by atoms with Gasteiger partial charge in [0.1, 0.15) is 0 Å². The topological polar surface area (TPSA) is 12.0 Å². The largest absolute Gasteiger partial charge is 0.314 e. The fourth-order valence-electron chi connectivity index (χ4n) is 0.926. The second kappa shape index (κ2) is 17.2. The van der Waals surface area contributed by atoms with Crippen LogP contribution in [0.5, 0.6) is 0 Å². The molecule has 0 atom stereocenters. The zero-order valence-electron chi connectivity index (χ0n) is 8.91. The van der Waals surface area contributed by atoms with Gasteiger partial charge in [0.25, 0.3) is 0 Å². The molecular formula is C11H29N. The summed E-state index contributed by atoms with van der Waals surface area (Å²) in [5.41, 5.74) is 0. The Bertz CT molecular complexity index is 49.0. The lowest BCUT2D eigenvalue weighted by atomic mass is 10.2. The van der Waals surface area contributed by atoms with Crippen molar-refractivity contribution < 1.29 is 0 Å². The third-order valence-corrected chi connectivity index (χ3v) is 1.67. The van der Waals surface area contributed by atoms with Crippen LogP contribution in [0.4, 0.5) is 0 Å². The summed E-state index contributed by atoms with van der Waals surface area (Å²) in [6.45, 7) is 11.8. The first-order valence-electron chi connectivity index (χ1n) is 5.08. The van der Waals surface area contributed by atoms with Gasteiger partial charge in [-0.2, -0.15) is 0 Å². The second-order valence-corrected chi connectivity index (χ2v) is 2.47. The van der Waals surface area contributed by atoms with Crippen LogP contribution in [0, 0.1) is 0 Å². The quantitative estimate of drug-likeness (QED) is 0.669. The summed E-state index contributed by atoms with van der Waals surface area (Å²) in [5.74, 6) is 0. The first kappa shape index (κ1) is 17.9. The molecule has 0 fully saturated rings. The highest BCUT2D eigenvalue weighted by molar-refractivity contribution is 4.60. The lowest BCUT2D eigenvalue weighted by Crippen LogP contribution is -2.27. The molecule has 0 saturated heterocycles. The second-order valence-electron chi connectivity index (χ2n) is 2.47. The fraction of sp³-hybridized carbons (Fsp3) is 1.00. The Hall–Kier alpha value is -0.0400. The molecule has 0 aromatic heterocycles. The van der Waals surface area contributed by atoms with Crippen LogP contribution in [0.1, 0.15) is 61.3 Å². The molecule has 0 rings (SSSR count). The smallest absolute Gasteiger partial charge is 0.00618 e. The summed E-state index contributed by atoms with van der Waals surface area (Å²) in [6, 6.07) is 0.755. The molecule has 0 aromatic rings. The molecule has 0 aliphatic carbocycles. The first-order valence-corrected chi connectivity index (χ1v) is 5.08. The van der Waals surface area contributed by atoms with E-state index in [4.69, 9.17) is 0 Å². The molecule has 0 aliphatic heterocycles. The predicted octanol–water partition coefficient (Wildman–Crippen LogP) is 3.84. The van der Waals surface area contributed by atoms with Crippen LogP contribution in [0.15, 0.2) is 0 Å². The third kappa shape index (κ3) is 12.6. The number of hydrogen-bond acceptors (Lipinski definition) is 1. The van der Waals surface area contributed by atoms with Gasteiger partial charge in [-0.25, -0.2) is 0 Å². The minimum atomic E-state index is 0. The van der Waals surface area contributed by atoms with E-state index in [-0.39, 0.29) is 7.43 Å². The average molecular weight is 175 g/mol. The zero-order chi connectivity index (χ0) is 9.11. The van der Waals surface area contributed by atoms with Crippen molar-refractivity contribution in [2.45, 2.75) is 67.3 Å². The van der Waals surface area contributed by atoms with Gasteiger partial charge in [0.15, 0.2) is 0 Å². The Morgan fingerprint density at radius 3 is 1.67 bits per heavy atom. The van der Waals surface area contributed by atoms with Crippen molar-refractivity contribution >= 4 is 0 Å². The van der Waals surface area contributed by atoms with E-state index in [1.807, 2.05) is 13.8 Å².